The molecule has 0 spiro atoms. The molecule has 1 amide bonds. The molecule has 1 heterocycles. The fourth-order valence-electron chi connectivity index (χ4n) is 3.27. The summed E-state index contributed by atoms with van der Waals surface area (Å²) in [6.07, 6.45) is 4.23. The van der Waals surface area contributed by atoms with Crippen LogP contribution < -0.4 is 14.8 Å². The molecule has 0 aliphatic heterocycles. The average molecular weight is 444 g/mol. The predicted octanol–water partition coefficient (Wildman–Crippen LogP) is 4.08. The third-order valence-corrected chi connectivity index (χ3v) is 7.28. The number of aryl methyl sites for hydroxylation is 2. The van der Waals surface area contributed by atoms with Crippen LogP contribution in [0.5, 0.6) is 5.75 Å². The third kappa shape index (κ3) is 4.47. The monoisotopic (exact) mass is 443 g/mol. The normalized spacial score (nSPS) is 13.4. The minimum Gasteiger partial charge on any atom is -0.497 e. The molecule has 0 bridgehead atoms. The van der Waals surface area contributed by atoms with Crippen molar-refractivity contribution in [3.63, 3.8) is 0 Å². The maximum absolute atomic E-state index is 12.6. The highest BCUT2D eigenvalue weighted by Crippen LogP contribution is 2.30. The third-order valence-electron chi connectivity index (χ3n) is 4.81. The fraction of sp³-hybridized carbons (Fsp3) is 0.238. The summed E-state index contributed by atoms with van der Waals surface area (Å²) in [4.78, 5) is 18.5. The van der Waals surface area contributed by atoms with Crippen LogP contribution in [0.1, 0.15) is 33.8 Å². The highest BCUT2D eigenvalue weighted by Gasteiger charge is 2.18. The number of ether oxygens (including phenoxy) is 1. The Kier molecular flexibility index (Phi) is 5.74. The predicted molar refractivity (Wildman–Crippen MR) is 117 cm³/mol. The Hall–Kier alpha value is -2.91. The van der Waals surface area contributed by atoms with Crippen molar-refractivity contribution in [2.45, 2.75) is 30.6 Å². The maximum atomic E-state index is 12.6. The van der Waals surface area contributed by atoms with Crippen LogP contribution in [0.15, 0.2) is 53.4 Å². The van der Waals surface area contributed by atoms with Gasteiger partial charge in [-0.2, -0.15) is 0 Å². The summed E-state index contributed by atoms with van der Waals surface area (Å²) in [7, 11) is -2.28. The first-order valence-electron chi connectivity index (χ1n) is 9.51. The van der Waals surface area contributed by atoms with Crippen molar-refractivity contribution in [2.24, 2.45) is 0 Å². The molecule has 2 aromatic carbocycles. The summed E-state index contributed by atoms with van der Waals surface area (Å²) in [5.41, 5.74) is 1.72. The number of fused-ring (bicyclic) bond motifs is 1. The molecule has 156 valence electrons. The molecular weight excluding hydrogens is 422 g/mol. The van der Waals surface area contributed by atoms with Gasteiger partial charge in [0.1, 0.15) is 5.75 Å². The maximum Gasteiger partial charge on any atom is 0.261 e. The standard InChI is InChI=1S/C21H21N3O4S2/c1-28-16-9-11-17(12-10-16)30(26,27)24-15-6-4-5-14(13-15)20(25)23-21-22-18-7-2-3-8-19(18)29-21/h4-6,9-13,24H,2-3,7-8H2,1H3,(H,22,23,25). The van der Waals surface area contributed by atoms with Crippen molar-refractivity contribution < 1.29 is 17.9 Å². The molecule has 1 aliphatic rings. The number of carbonyl (C=O) groups is 1. The van der Waals surface area contributed by atoms with Gasteiger partial charge in [-0.05, 0) is 68.1 Å². The summed E-state index contributed by atoms with van der Waals surface area (Å²) in [6, 6.07) is 12.4. The number of hydrogen-bond donors (Lipinski definition) is 2. The summed E-state index contributed by atoms with van der Waals surface area (Å²) < 4.78 is 32.8. The molecule has 0 atom stereocenters. The molecule has 1 aromatic heterocycles. The Balaban J connectivity index is 1.48. The van der Waals surface area contributed by atoms with Crippen LogP contribution in [0, 0.1) is 0 Å². The number of amides is 1. The van der Waals surface area contributed by atoms with Crippen LogP contribution in [0.2, 0.25) is 0 Å². The van der Waals surface area contributed by atoms with Crippen molar-refractivity contribution in [3.05, 3.63) is 64.7 Å². The Bertz CT molecular complexity index is 1150. The summed E-state index contributed by atoms with van der Waals surface area (Å²) >= 11 is 1.51. The molecule has 4 rings (SSSR count). The van der Waals surface area contributed by atoms with Gasteiger partial charge < -0.3 is 4.74 Å². The highest BCUT2D eigenvalue weighted by molar-refractivity contribution is 7.92. The number of nitrogens with zero attached hydrogens (tertiary/aromatic N) is 1. The first-order chi connectivity index (χ1) is 14.4. The van der Waals surface area contributed by atoms with E-state index in [2.05, 4.69) is 15.0 Å². The lowest BCUT2D eigenvalue weighted by Gasteiger charge is -2.10. The van der Waals surface area contributed by atoms with Gasteiger partial charge in [0.25, 0.3) is 15.9 Å². The largest absolute Gasteiger partial charge is 0.497 e. The van der Waals surface area contributed by atoms with E-state index in [-0.39, 0.29) is 10.8 Å². The van der Waals surface area contributed by atoms with Gasteiger partial charge in [-0.15, -0.1) is 11.3 Å². The molecular formula is C21H21N3O4S2. The molecule has 0 unspecified atom stereocenters. The van der Waals surface area contributed by atoms with E-state index in [1.165, 1.54) is 41.5 Å². The van der Waals surface area contributed by atoms with Crippen LogP contribution in [0.25, 0.3) is 0 Å². The highest BCUT2D eigenvalue weighted by atomic mass is 32.2. The number of carbonyl (C=O) groups excluding carboxylic acids is 1. The summed E-state index contributed by atoms with van der Waals surface area (Å²) in [5, 5.41) is 3.41. The summed E-state index contributed by atoms with van der Waals surface area (Å²) in [5.74, 6) is 0.239. The average Bonchev–Trinajstić information content (AvgIpc) is 3.16. The Labute approximate surface area is 179 Å². The Morgan fingerprint density at radius 3 is 2.60 bits per heavy atom. The molecule has 7 nitrogen and oxygen atoms in total. The van der Waals surface area contributed by atoms with Crippen LogP contribution in [-0.2, 0) is 22.9 Å². The van der Waals surface area contributed by atoms with Crippen LogP contribution in [0.3, 0.4) is 0 Å². The van der Waals surface area contributed by atoms with Crippen LogP contribution in [-0.4, -0.2) is 26.4 Å². The SMILES string of the molecule is COc1ccc(S(=O)(=O)Nc2cccc(C(=O)Nc3nc4c(s3)CCCC4)c2)cc1. The molecule has 0 fully saturated rings. The second-order valence-electron chi connectivity index (χ2n) is 6.91. The van der Waals surface area contributed by atoms with E-state index in [0.29, 0.717) is 22.1 Å². The number of benzene rings is 2. The van der Waals surface area contributed by atoms with Gasteiger partial charge in [-0.1, -0.05) is 6.07 Å². The van der Waals surface area contributed by atoms with E-state index in [4.69, 9.17) is 4.74 Å². The van der Waals surface area contributed by atoms with Crippen LogP contribution >= 0.6 is 11.3 Å². The first kappa shape index (κ1) is 20.4. The van der Waals surface area contributed by atoms with Gasteiger partial charge in [-0.3, -0.25) is 14.8 Å². The Morgan fingerprint density at radius 1 is 1.10 bits per heavy atom. The van der Waals surface area contributed by atoms with Gasteiger partial charge in [0, 0.05) is 16.1 Å². The lowest BCUT2D eigenvalue weighted by Crippen LogP contribution is -2.15. The minimum atomic E-state index is -3.79. The van der Waals surface area contributed by atoms with E-state index in [1.54, 1.807) is 30.3 Å². The molecule has 2 N–H and O–H groups in total. The molecule has 0 saturated heterocycles. The number of rotatable bonds is 6. The van der Waals surface area contributed by atoms with Gasteiger partial charge in [0.15, 0.2) is 5.13 Å². The van der Waals surface area contributed by atoms with Crippen molar-refractivity contribution in [1.29, 1.82) is 0 Å². The van der Waals surface area contributed by atoms with Crippen molar-refractivity contribution in [2.75, 3.05) is 17.1 Å². The number of methoxy groups -OCH3 is 1. The number of sulfonamides is 1. The lowest BCUT2D eigenvalue weighted by atomic mass is 10.0. The van der Waals surface area contributed by atoms with E-state index in [9.17, 15) is 13.2 Å². The smallest absolute Gasteiger partial charge is 0.261 e. The second-order valence-corrected chi connectivity index (χ2v) is 9.68. The minimum absolute atomic E-state index is 0.103. The lowest BCUT2D eigenvalue weighted by molar-refractivity contribution is 0.102. The first-order valence-corrected chi connectivity index (χ1v) is 11.8. The van der Waals surface area contributed by atoms with Gasteiger partial charge in [-0.25, -0.2) is 13.4 Å². The zero-order valence-electron chi connectivity index (χ0n) is 16.3. The van der Waals surface area contributed by atoms with E-state index in [1.807, 2.05) is 0 Å². The van der Waals surface area contributed by atoms with Crippen molar-refractivity contribution >= 4 is 38.1 Å². The van der Waals surface area contributed by atoms with E-state index < -0.39 is 10.0 Å². The Morgan fingerprint density at radius 2 is 1.87 bits per heavy atom. The molecule has 0 radical (unpaired) electrons. The van der Waals surface area contributed by atoms with Gasteiger partial charge in [0.05, 0.1) is 17.7 Å². The molecule has 1 aliphatic carbocycles. The van der Waals surface area contributed by atoms with Crippen molar-refractivity contribution in [3.8, 4) is 5.75 Å². The molecule has 3 aromatic rings. The molecule has 0 saturated carbocycles. The number of anilines is 2. The van der Waals surface area contributed by atoms with Crippen LogP contribution in [0.4, 0.5) is 10.8 Å². The van der Waals surface area contributed by atoms with Crippen molar-refractivity contribution in [1.82, 2.24) is 4.98 Å². The number of nitrogens with one attached hydrogen (secondary N) is 2. The van der Waals surface area contributed by atoms with E-state index in [0.717, 1.165) is 31.4 Å². The topological polar surface area (TPSA) is 97.4 Å². The zero-order chi connectivity index (χ0) is 21.1. The number of hydrogen-bond acceptors (Lipinski definition) is 6. The number of aromatic nitrogens is 1. The fourth-order valence-corrected chi connectivity index (χ4v) is 5.36. The molecule has 9 heteroatoms. The van der Waals surface area contributed by atoms with Gasteiger partial charge in [0.2, 0.25) is 0 Å². The van der Waals surface area contributed by atoms with E-state index >= 15 is 0 Å². The number of thiazole rings is 1. The molecule has 30 heavy (non-hydrogen) atoms. The second kappa shape index (κ2) is 8.45. The quantitative estimate of drug-likeness (QED) is 0.598. The van der Waals surface area contributed by atoms with Gasteiger partial charge >= 0.3 is 0 Å². The zero-order valence-corrected chi connectivity index (χ0v) is 18.0. The summed E-state index contributed by atoms with van der Waals surface area (Å²) in [6.45, 7) is 0.